The lowest BCUT2D eigenvalue weighted by molar-refractivity contribution is 0.0960. The van der Waals surface area contributed by atoms with Crippen molar-refractivity contribution in [3.63, 3.8) is 0 Å². The van der Waals surface area contributed by atoms with Crippen LogP contribution in [0.4, 0.5) is 4.79 Å². The van der Waals surface area contributed by atoms with Gasteiger partial charge in [0.05, 0.1) is 19.8 Å². The van der Waals surface area contributed by atoms with E-state index in [0.29, 0.717) is 0 Å². The molecule has 0 spiro atoms. The number of H-pyrrole nitrogens is 1. The third-order valence-corrected chi connectivity index (χ3v) is 2.22. The van der Waals surface area contributed by atoms with Gasteiger partial charge in [-0.3, -0.25) is 24.5 Å². The Hall–Kier alpha value is -2.46. The highest BCUT2D eigenvalue weighted by molar-refractivity contribution is 6.03. The molecule has 0 aliphatic rings. The Labute approximate surface area is 112 Å². The van der Waals surface area contributed by atoms with Crippen LogP contribution < -0.4 is 21.9 Å². The zero-order chi connectivity index (χ0) is 15.1. The first-order valence-corrected chi connectivity index (χ1v) is 5.64. The maximum absolute atomic E-state index is 11.7. The van der Waals surface area contributed by atoms with E-state index in [1.165, 1.54) is 0 Å². The lowest BCUT2D eigenvalue weighted by Crippen LogP contribution is -2.43. The zero-order valence-corrected chi connectivity index (χ0v) is 10.4. The average Bonchev–Trinajstić information content (AvgIpc) is 2.39. The van der Waals surface area contributed by atoms with E-state index < -0.39 is 28.8 Å². The Kier molecular flexibility index (Phi) is 5.62. The fourth-order valence-corrected chi connectivity index (χ4v) is 1.33. The maximum Gasteiger partial charge on any atom is 0.328 e. The van der Waals surface area contributed by atoms with E-state index in [9.17, 15) is 19.2 Å². The largest absolute Gasteiger partial charge is 0.395 e. The molecule has 0 saturated carbocycles. The van der Waals surface area contributed by atoms with Crippen LogP contribution in [0.5, 0.6) is 0 Å². The van der Waals surface area contributed by atoms with Gasteiger partial charge in [0.2, 0.25) is 0 Å². The van der Waals surface area contributed by atoms with Crippen molar-refractivity contribution in [1.29, 1.82) is 0 Å². The lowest BCUT2D eigenvalue weighted by atomic mass is 10.3. The average molecular weight is 286 g/mol. The van der Waals surface area contributed by atoms with Gasteiger partial charge in [-0.1, -0.05) is 0 Å². The minimum atomic E-state index is -1.01. The number of aromatic amines is 1. The van der Waals surface area contributed by atoms with Crippen molar-refractivity contribution in [2.45, 2.75) is 6.54 Å². The van der Waals surface area contributed by atoms with E-state index in [4.69, 9.17) is 10.2 Å². The van der Waals surface area contributed by atoms with Crippen molar-refractivity contribution >= 4 is 11.9 Å². The highest BCUT2D eigenvalue weighted by Gasteiger charge is 2.15. The van der Waals surface area contributed by atoms with Crippen LogP contribution in [-0.2, 0) is 6.54 Å². The molecule has 0 atom stereocenters. The summed E-state index contributed by atoms with van der Waals surface area (Å²) in [5, 5.41) is 21.3. The van der Waals surface area contributed by atoms with E-state index in [1.54, 1.807) is 0 Å². The number of nitrogens with zero attached hydrogens (tertiary/aromatic N) is 1. The second-order valence-corrected chi connectivity index (χ2v) is 3.65. The minimum absolute atomic E-state index is 0.0561. The standard InChI is InChI=1S/C10H14N4O6/c15-3-1-11-9(19)12-7(17)6-5-14(2-4-16)10(20)13-8(6)18/h5,15-16H,1-4H2,(H,13,18,20)(H2,11,12,17,19). The number of carbonyl (C=O) groups excluding carboxylic acids is 2. The van der Waals surface area contributed by atoms with Gasteiger partial charge in [0.1, 0.15) is 5.56 Å². The van der Waals surface area contributed by atoms with Crippen molar-refractivity contribution in [1.82, 2.24) is 20.2 Å². The molecule has 0 aliphatic carbocycles. The first kappa shape index (κ1) is 15.6. The molecule has 10 nitrogen and oxygen atoms in total. The van der Waals surface area contributed by atoms with Crippen LogP contribution in [0.25, 0.3) is 0 Å². The van der Waals surface area contributed by atoms with Crippen LogP contribution in [0.1, 0.15) is 10.4 Å². The number of hydrogen-bond acceptors (Lipinski definition) is 6. The summed E-state index contributed by atoms with van der Waals surface area (Å²) < 4.78 is 0.932. The quantitative estimate of drug-likeness (QED) is 0.388. The minimum Gasteiger partial charge on any atom is -0.395 e. The van der Waals surface area contributed by atoms with Crippen LogP contribution in [0.15, 0.2) is 15.8 Å². The first-order chi connectivity index (χ1) is 9.49. The molecule has 0 fully saturated rings. The second-order valence-electron chi connectivity index (χ2n) is 3.65. The topological polar surface area (TPSA) is 154 Å². The number of amides is 3. The van der Waals surface area contributed by atoms with Crippen LogP contribution in [0.3, 0.4) is 0 Å². The Bertz CT molecular complexity index is 605. The monoisotopic (exact) mass is 286 g/mol. The molecular formula is C10H14N4O6. The molecule has 1 aromatic rings. The van der Waals surface area contributed by atoms with Crippen molar-refractivity contribution in [2.75, 3.05) is 19.8 Å². The van der Waals surface area contributed by atoms with Gasteiger partial charge in [-0.15, -0.1) is 0 Å². The fraction of sp³-hybridized carbons (Fsp3) is 0.400. The number of hydrogen-bond donors (Lipinski definition) is 5. The van der Waals surface area contributed by atoms with Crippen LogP contribution in [0, 0.1) is 0 Å². The Balaban J connectivity index is 2.92. The molecule has 0 aromatic carbocycles. The summed E-state index contributed by atoms with van der Waals surface area (Å²) in [5.41, 5.74) is -2.17. The normalized spacial score (nSPS) is 10.1. The highest BCUT2D eigenvalue weighted by Crippen LogP contribution is 1.88. The number of urea groups is 1. The summed E-state index contributed by atoms with van der Waals surface area (Å²) in [6, 6.07) is -0.886. The van der Waals surface area contributed by atoms with Gasteiger partial charge < -0.3 is 15.5 Å². The van der Waals surface area contributed by atoms with Crippen molar-refractivity contribution in [2.24, 2.45) is 0 Å². The third kappa shape index (κ3) is 4.03. The molecule has 1 heterocycles. The van der Waals surface area contributed by atoms with Gasteiger partial charge in [0.15, 0.2) is 0 Å². The summed E-state index contributed by atoms with van der Waals surface area (Å²) in [7, 11) is 0. The molecule has 10 heteroatoms. The fourth-order valence-electron chi connectivity index (χ4n) is 1.33. The van der Waals surface area contributed by atoms with E-state index in [0.717, 1.165) is 10.8 Å². The van der Waals surface area contributed by atoms with E-state index in [2.05, 4.69) is 5.32 Å². The Morgan fingerprint density at radius 3 is 2.55 bits per heavy atom. The zero-order valence-electron chi connectivity index (χ0n) is 10.4. The summed E-state index contributed by atoms with van der Waals surface area (Å²) in [6.45, 7) is -0.820. The smallest absolute Gasteiger partial charge is 0.328 e. The number of aliphatic hydroxyl groups is 2. The molecule has 0 bridgehead atoms. The summed E-state index contributed by atoms with van der Waals surface area (Å²) in [6.07, 6.45) is 0.950. The van der Waals surface area contributed by atoms with Gasteiger partial charge in [0.25, 0.3) is 11.5 Å². The van der Waals surface area contributed by atoms with Crippen LogP contribution in [0.2, 0.25) is 0 Å². The van der Waals surface area contributed by atoms with Gasteiger partial charge in [-0.05, 0) is 0 Å². The molecule has 0 aliphatic heterocycles. The molecule has 20 heavy (non-hydrogen) atoms. The molecule has 0 unspecified atom stereocenters. The Morgan fingerprint density at radius 1 is 1.25 bits per heavy atom. The maximum atomic E-state index is 11.7. The number of carbonyl (C=O) groups is 2. The van der Waals surface area contributed by atoms with E-state index >= 15 is 0 Å². The first-order valence-electron chi connectivity index (χ1n) is 5.64. The summed E-state index contributed by atoms with van der Waals surface area (Å²) in [5.74, 6) is -1.01. The van der Waals surface area contributed by atoms with Gasteiger partial charge in [-0.2, -0.15) is 0 Å². The molecule has 0 saturated heterocycles. The van der Waals surface area contributed by atoms with Crippen molar-refractivity contribution < 1.29 is 19.8 Å². The number of imide groups is 1. The van der Waals surface area contributed by atoms with Gasteiger partial charge in [0, 0.05) is 12.7 Å². The van der Waals surface area contributed by atoms with Crippen molar-refractivity contribution in [3.05, 3.63) is 32.6 Å². The lowest BCUT2D eigenvalue weighted by Gasteiger charge is -2.07. The van der Waals surface area contributed by atoms with E-state index in [-0.39, 0.29) is 26.3 Å². The third-order valence-electron chi connectivity index (χ3n) is 2.22. The number of rotatable bonds is 5. The van der Waals surface area contributed by atoms with Crippen LogP contribution in [-0.4, -0.2) is 51.5 Å². The molecule has 110 valence electrons. The molecular weight excluding hydrogens is 272 g/mol. The molecule has 1 aromatic heterocycles. The summed E-state index contributed by atoms with van der Waals surface area (Å²) >= 11 is 0. The highest BCUT2D eigenvalue weighted by atomic mass is 16.3. The SMILES string of the molecule is O=C(NCCO)NC(=O)c1cn(CCO)c(=O)[nH]c1=O. The predicted octanol–water partition coefficient (Wildman–Crippen LogP) is -3.04. The van der Waals surface area contributed by atoms with E-state index in [1.807, 2.05) is 10.3 Å². The van der Waals surface area contributed by atoms with Crippen molar-refractivity contribution in [3.8, 4) is 0 Å². The molecule has 5 N–H and O–H groups in total. The van der Waals surface area contributed by atoms with Gasteiger partial charge >= 0.3 is 11.7 Å². The second kappa shape index (κ2) is 7.21. The Morgan fingerprint density at radius 2 is 1.95 bits per heavy atom. The predicted molar refractivity (Wildman–Crippen MR) is 66.4 cm³/mol. The summed E-state index contributed by atoms with van der Waals surface area (Å²) in [4.78, 5) is 47.6. The number of aliphatic hydroxyl groups excluding tert-OH is 2. The molecule has 3 amide bonds. The van der Waals surface area contributed by atoms with Crippen LogP contribution >= 0.6 is 0 Å². The molecule has 0 radical (unpaired) electrons. The number of aromatic nitrogens is 2. The van der Waals surface area contributed by atoms with Gasteiger partial charge in [-0.25, -0.2) is 9.59 Å². The number of nitrogens with one attached hydrogen (secondary N) is 3. The molecule has 1 rings (SSSR count).